The monoisotopic (exact) mass is 360 g/mol. The molecule has 2 rings (SSSR count). The first-order chi connectivity index (χ1) is 9.38. The Kier molecular flexibility index (Phi) is 4.29. The molecule has 0 unspecified atom stereocenters. The van der Waals surface area contributed by atoms with Crippen LogP contribution in [0.4, 0.5) is 24.5 Å². The molecule has 0 aliphatic rings. The fraction of sp³-hybridized carbons (Fsp3) is 0. The standard InChI is InChI=1S/C13H8BrF3N2S/c14-9-3-6(1-2-8(9)13(18)20)19-7-4-10(15)12(17)11(16)5-7/h1-5,19H,(H2,18,20). The normalized spacial score (nSPS) is 10.4. The molecule has 104 valence electrons. The van der Waals surface area contributed by atoms with Gasteiger partial charge in [-0.05, 0) is 34.1 Å². The van der Waals surface area contributed by atoms with E-state index in [1.807, 2.05) is 0 Å². The molecule has 0 aliphatic heterocycles. The Bertz CT molecular complexity index is 668. The van der Waals surface area contributed by atoms with E-state index in [2.05, 4.69) is 21.2 Å². The molecule has 0 spiro atoms. The number of hydrogen-bond acceptors (Lipinski definition) is 2. The molecule has 7 heteroatoms. The van der Waals surface area contributed by atoms with E-state index in [1.165, 1.54) is 0 Å². The van der Waals surface area contributed by atoms with Gasteiger partial charge in [-0.2, -0.15) is 0 Å². The minimum Gasteiger partial charge on any atom is -0.389 e. The zero-order chi connectivity index (χ0) is 14.9. The van der Waals surface area contributed by atoms with Crippen molar-refractivity contribution in [3.05, 3.63) is 57.8 Å². The van der Waals surface area contributed by atoms with Crippen molar-refractivity contribution in [3.8, 4) is 0 Å². The van der Waals surface area contributed by atoms with Crippen LogP contribution in [0.2, 0.25) is 0 Å². The first-order valence-corrected chi connectivity index (χ1v) is 6.59. The second-order valence-electron chi connectivity index (χ2n) is 3.94. The zero-order valence-electron chi connectivity index (χ0n) is 9.88. The third kappa shape index (κ3) is 3.10. The predicted octanol–water partition coefficient (Wildman–Crippen LogP) is 4.24. The summed E-state index contributed by atoms with van der Waals surface area (Å²) < 4.78 is 39.7. The molecule has 0 fully saturated rings. The van der Waals surface area contributed by atoms with Crippen LogP contribution < -0.4 is 11.1 Å². The van der Waals surface area contributed by atoms with Gasteiger partial charge < -0.3 is 11.1 Å². The van der Waals surface area contributed by atoms with Crippen LogP contribution in [0.1, 0.15) is 5.56 Å². The van der Waals surface area contributed by atoms with E-state index in [9.17, 15) is 13.2 Å². The number of thiocarbonyl (C=S) groups is 1. The van der Waals surface area contributed by atoms with Gasteiger partial charge in [-0.25, -0.2) is 13.2 Å². The molecule has 0 radical (unpaired) electrons. The van der Waals surface area contributed by atoms with Crippen molar-refractivity contribution in [2.45, 2.75) is 0 Å². The first kappa shape index (κ1) is 14.8. The Labute approximate surface area is 126 Å². The molecule has 0 amide bonds. The van der Waals surface area contributed by atoms with Crippen molar-refractivity contribution in [1.82, 2.24) is 0 Å². The Balaban J connectivity index is 2.31. The molecular weight excluding hydrogens is 353 g/mol. The van der Waals surface area contributed by atoms with E-state index in [1.54, 1.807) is 18.2 Å². The number of halogens is 4. The van der Waals surface area contributed by atoms with E-state index in [-0.39, 0.29) is 10.7 Å². The van der Waals surface area contributed by atoms with Gasteiger partial charge in [-0.1, -0.05) is 12.2 Å². The molecule has 0 bridgehead atoms. The number of anilines is 2. The van der Waals surface area contributed by atoms with Gasteiger partial charge in [0.15, 0.2) is 17.5 Å². The predicted molar refractivity (Wildman–Crippen MR) is 79.6 cm³/mol. The number of nitrogens with one attached hydrogen (secondary N) is 1. The fourth-order valence-corrected chi connectivity index (χ4v) is 2.49. The van der Waals surface area contributed by atoms with Crippen LogP contribution in [0.15, 0.2) is 34.8 Å². The summed E-state index contributed by atoms with van der Waals surface area (Å²) in [6.07, 6.45) is 0. The zero-order valence-corrected chi connectivity index (χ0v) is 12.3. The first-order valence-electron chi connectivity index (χ1n) is 5.39. The van der Waals surface area contributed by atoms with Gasteiger partial charge in [0.05, 0.1) is 0 Å². The van der Waals surface area contributed by atoms with Gasteiger partial charge in [0.2, 0.25) is 0 Å². The maximum absolute atomic E-state index is 13.1. The van der Waals surface area contributed by atoms with Crippen molar-refractivity contribution in [2.24, 2.45) is 5.73 Å². The van der Waals surface area contributed by atoms with Gasteiger partial charge in [-0.3, -0.25) is 0 Å². The second kappa shape index (κ2) is 5.80. The van der Waals surface area contributed by atoms with Crippen molar-refractivity contribution in [1.29, 1.82) is 0 Å². The molecule has 20 heavy (non-hydrogen) atoms. The van der Waals surface area contributed by atoms with E-state index in [4.69, 9.17) is 18.0 Å². The lowest BCUT2D eigenvalue weighted by atomic mass is 10.2. The Morgan fingerprint density at radius 2 is 1.65 bits per heavy atom. The molecule has 0 saturated carbocycles. The lowest BCUT2D eigenvalue weighted by Gasteiger charge is -2.10. The maximum atomic E-state index is 13.1. The lowest BCUT2D eigenvalue weighted by Crippen LogP contribution is -2.10. The Morgan fingerprint density at radius 3 is 2.15 bits per heavy atom. The van der Waals surface area contributed by atoms with Crippen LogP contribution in [0.5, 0.6) is 0 Å². The fourth-order valence-electron chi connectivity index (χ4n) is 1.59. The summed E-state index contributed by atoms with van der Waals surface area (Å²) in [6, 6.07) is 6.68. The average molecular weight is 361 g/mol. The van der Waals surface area contributed by atoms with Gasteiger partial charge >= 0.3 is 0 Å². The highest BCUT2D eigenvalue weighted by Gasteiger charge is 2.11. The SMILES string of the molecule is NC(=S)c1ccc(Nc2cc(F)c(F)c(F)c2)cc1Br. The smallest absolute Gasteiger partial charge is 0.194 e. The van der Waals surface area contributed by atoms with Gasteiger partial charge in [0.25, 0.3) is 0 Å². The lowest BCUT2D eigenvalue weighted by molar-refractivity contribution is 0.448. The maximum Gasteiger partial charge on any atom is 0.194 e. The summed E-state index contributed by atoms with van der Waals surface area (Å²) in [7, 11) is 0. The van der Waals surface area contributed by atoms with Gasteiger partial charge in [0.1, 0.15) is 4.99 Å². The van der Waals surface area contributed by atoms with Crippen molar-refractivity contribution < 1.29 is 13.2 Å². The van der Waals surface area contributed by atoms with Crippen LogP contribution in [0.25, 0.3) is 0 Å². The molecule has 2 aromatic rings. The molecule has 0 atom stereocenters. The summed E-state index contributed by atoms with van der Waals surface area (Å²) in [5.74, 6) is -4.02. The van der Waals surface area contributed by atoms with Crippen LogP contribution in [-0.2, 0) is 0 Å². The summed E-state index contributed by atoms with van der Waals surface area (Å²) in [5, 5.41) is 2.76. The second-order valence-corrected chi connectivity index (χ2v) is 5.23. The van der Waals surface area contributed by atoms with E-state index in [0.717, 1.165) is 12.1 Å². The van der Waals surface area contributed by atoms with Crippen molar-refractivity contribution in [3.63, 3.8) is 0 Å². The number of benzene rings is 2. The van der Waals surface area contributed by atoms with Crippen molar-refractivity contribution >= 4 is 44.5 Å². The molecule has 0 heterocycles. The highest BCUT2D eigenvalue weighted by Crippen LogP contribution is 2.25. The minimum absolute atomic E-state index is 0.0939. The van der Waals surface area contributed by atoms with Crippen LogP contribution in [-0.4, -0.2) is 4.99 Å². The third-order valence-electron chi connectivity index (χ3n) is 2.51. The van der Waals surface area contributed by atoms with Crippen LogP contribution in [0, 0.1) is 17.5 Å². The molecule has 0 saturated heterocycles. The van der Waals surface area contributed by atoms with E-state index < -0.39 is 17.5 Å². The largest absolute Gasteiger partial charge is 0.389 e. The minimum atomic E-state index is -1.50. The van der Waals surface area contributed by atoms with Gasteiger partial charge in [-0.15, -0.1) is 0 Å². The quantitative estimate of drug-likeness (QED) is 0.634. The molecule has 2 nitrogen and oxygen atoms in total. The summed E-state index contributed by atoms with van der Waals surface area (Å²) in [4.78, 5) is 0.224. The third-order valence-corrected chi connectivity index (χ3v) is 3.38. The molecule has 0 aliphatic carbocycles. The molecule has 3 N–H and O–H groups in total. The number of rotatable bonds is 3. The Morgan fingerprint density at radius 1 is 1.05 bits per heavy atom. The van der Waals surface area contributed by atoms with Gasteiger partial charge in [0, 0.05) is 33.5 Å². The van der Waals surface area contributed by atoms with Crippen LogP contribution in [0.3, 0.4) is 0 Å². The number of hydrogen-bond donors (Lipinski definition) is 2. The summed E-state index contributed by atoms with van der Waals surface area (Å²) in [5.41, 5.74) is 6.79. The summed E-state index contributed by atoms with van der Waals surface area (Å²) >= 11 is 8.14. The highest BCUT2D eigenvalue weighted by atomic mass is 79.9. The molecule has 2 aromatic carbocycles. The topological polar surface area (TPSA) is 38.0 Å². The highest BCUT2D eigenvalue weighted by molar-refractivity contribution is 9.10. The molecule has 0 aromatic heterocycles. The average Bonchev–Trinajstić information content (AvgIpc) is 2.35. The Hall–Kier alpha value is -1.60. The summed E-state index contributed by atoms with van der Waals surface area (Å²) in [6.45, 7) is 0. The molecular formula is C13H8BrF3N2S. The van der Waals surface area contributed by atoms with E-state index in [0.29, 0.717) is 15.7 Å². The van der Waals surface area contributed by atoms with E-state index >= 15 is 0 Å². The number of nitrogens with two attached hydrogens (primary N) is 1. The van der Waals surface area contributed by atoms with Crippen molar-refractivity contribution in [2.75, 3.05) is 5.32 Å². The van der Waals surface area contributed by atoms with Crippen LogP contribution >= 0.6 is 28.1 Å².